The second-order valence-corrected chi connectivity index (χ2v) is 5.43. The van der Waals surface area contributed by atoms with Crippen LogP contribution in [0.15, 0.2) is 30.3 Å². The van der Waals surface area contributed by atoms with Crippen LogP contribution in [0.1, 0.15) is 24.8 Å². The molecule has 116 valence electrons. The summed E-state index contributed by atoms with van der Waals surface area (Å²) in [4.78, 5) is 13.4. The van der Waals surface area contributed by atoms with Crippen LogP contribution in [0.2, 0.25) is 5.02 Å². The molecule has 0 aliphatic carbocycles. The van der Waals surface area contributed by atoms with Crippen LogP contribution in [0.25, 0.3) is 6.08 Å². The SMILES string of the molecule is Cl.O=C1CCCN1CCCNC/C=C/c1ccc(Cl)cc1. The lowest BCUT2D eigenvalue weighted by Crippen LogP contribution is -2.28. The predicted octanol–water partition coefficient (Wildman–Crippen LogP) is 3.38. The molecule has 1 heterocycles. The summed E-state index contributed by atoms with van der Waals surface area (Å²) in [5, 5.41) is 4.12. The predicted molar refractivity (Wildman–Crippen MR) is 91.0 cm³/mol. The number of nitrogens with one attached hydrogen (secondary N) is 1. The Bertz CT molecular complexity index is 460. The van der Waals surface area contributed by atoms with E-state index in [0.29, 0.717) is 5.91 Å². The monoisotopic (exact) mass is 328 g/mol. The van der Waals surface area contributed by atoms with E-state index < -0.39 is 0 Å². The van der Waals surface area contributed by atoms with Crippen molar-refractivity contribution in [3.63, 3.8) is 0 Å². The van der Waals surface area contributed by atoms with Gasteiger partial charge < -0.3 is 10.2 Å². The van der Waals surface area contributed by atoms with E-state index in [1.807, 2.05) is 29.2 Å². The van der Waals surface area contributed by atoms with Gasteiger partial charge in [0.2, 0.25) is 5.91 Å². The molecule has 1 N–H and O–H groups in total. The first-order valence-corrected chi connectivity index (χ1v) is 7.54. The normalized spacial score (nSPS) is 14.7. The Labute approximate surface area is 137 Å². The first-order valence-electron chi connectivity index (χ1n) is 7.16. The standard InChI is InChI=1S/C16H21ClN2O.ClH/c17-15-8-6-14(7-9-15)4-1-10-18-11-3-13-19-12-2-5-16(19)20;/h1,4,6-9,18H,2-3,5,10-13H2;1H/b4-1+;. The summed E-state index contributed by atoms with van der Waals surface area (Å²) in [6.07, 6.45) is 6.95. The minimum Gasteiger partial charge on any atom is -0.343 e. The maximum absolute atomic E-state index is 11.4. The fourth-order valence-electron chi connectivity index (χ4n) is 2.29. The highest BCUT2D eigenvalue weighted by atomic mass is 35.5. The molecule has 5 heteroatoms. The smallest absolute Gasteiger partial charge is 0.222 e. The summed E-state index contributed by atoms with van der Waals surface area (Å²) in [6, 6.07) is 7.78. The number of carbonyl (C=O) groups is 1. The van der Waals surface area contributed by atoms with Crippen LogP contribution in [0, 0.1) is 0 Å². The lowest BCUT2D eigenvalue weighted by molar-refractivity contribution is -0.127. The molecule has 21 heavy (non-hydrogen) atoms. The van der Waals surface area contributed by atoms with E-state index >= 15 is 0 Å². The third kappa shape index (κ3) is 6.51. The summed E-state index contributed by atoms with van der Waals surface area (Å²) in [7, 11) is 0. The number of halogens is 2. The van der Waals surface area contributed by atoms with Gasteiger partial charge >= 0.3 is 0 Å². The Morgan fingerprint density at radius 1 is 1.29 bits per heavy atom. The summed E-state index contributed by atoms with van der Waals surface area (Å²) in [5.41, 5.74) is 1.15. The first kappa shape index (κ1) is 18.0. The summed E-state index contributed by atoms with van der Waals surface area (Å²) < 4.78 is 0. The average molecular weight is 329 g/mol. The molecule has 0 unspecified atom stereocenters. The number of amides is 1. The van der Waals surface area contributed by atoms with Crippen molar-refractivity contribution in [2.24, 2.45) is 0 Å². The molecule has 1 aliphatic heterocycles. The lowest BCUT2D eigenvalue weighted by atomic mass is 10.2. The quantitative estimate of drug-likeness (QED) is 0.778. The summed E-state index contributed by atoms with van der Waals surface area (Å²) >= 11 is 5.83. The fraction of sp³-hybridized carbons (Fsp3) is 0.438. The highest BCUT2D eigenvalue weighted by Gasteiger charge is 2.18. The minimum atomic E-state index is 0. The van der Waals surface area contributed by atoms with Crippen molar-refractivity contribution in [2.75, 3.05) is 26.2 Å². The van der Waals surface area contributed by atoms with Crippen molar-refractivity contribution < 1.29 is 4.79 Å². The molecule has 1 fully saturated rings. The largest absolute Gasteiger partial charge is 0.343 e. The van der Waals surface area contributed by atoms with Gasteiger partial charge in [-0.3, -0.25) is 4.79 Å². The summed E-state index contributed by atoms with van der Waals surface area (Å²) in [5.74, 6) is 0.313. The molecular weight excluding hydrogens is 307 g/mol. The van der Waals surface area contributed by atoms with Gasteiger partial charge in [0, 0.05) is 31.1 Å². The molecule has 0 bridgehead atoms. The van der Waals surface area contributed by atoms with Crippen molar-refractivity contribution in [3.05, 3.63) is 40.9 Å². The topological polar surface area (TPSA) is 32.3 Å². The number of rotatable bonds is 7. The highest BCUT2D eigenvalue weighted by Crippen LogP contribution is 2.10. The second kappa shape index (κ2) is 9.82. The number of likely N-dealkylation sites (tertiary alicyclic amines) is 1. The van der Waals surface area contributed by atoms with Gasteiger partial charge in [0.1, 0.15) is 0 Å². The van der Waals surface area contributed by atoms with E-state index in [1.165, 1.54) is 0 Å². The maximum Gasteiger partial charge on any atom is 0.222 e. The molecule has 1 aromatic rings. The van der Waals surface area contributed by atoms with Gasteiger partial charge in [0.25, 0.3) is 0 Å². The molecule has 0 radical (unpaired) electrons. The van der Waals surface area contributed by atoms with Crippen molar-refractivity contribution in [3.8, 4) is 0 Å². The van der Waals surface area contributed by atoms with Crippen LogP contribution in [-0.4, -0.2) is 37.0 Å². The number of benzene rings is 1. The van der Waals surface area contributed by atoms with Crippen molar-refractivity contribution in [2.45, 2.75) is 19.3 Å². The van der Waals surface area contributed by atoms with E-state index in [1.54, 1.807) is 0 Å². The van der Waals surface area contributed by atoms with E-state index in [0.717, 1.165) is 56.0 Å². The molecule has 0 saturated carbocycles. The van der Waals surface area contributed by atoms with Crippen LogP contribution < -0.4 is 5.32 Å². The zero-order valence-electron chi connectivity index (χ0n) is 12.1. The number of carbonyl (C=O) groups excluding carboxylic acids is 1. The number of hydrogen-bond acceptors (Lipinski definition) is 2. The number of nitrogens with zero attached hydrogens (tertiary/aromatic N) is 1. The van der Waals surface area contributed by atoms with Crippen molar-refractivity contribution in [1.82, 2.24) is 10.2 Å². The fourth-order valence-corrected chi connectivity index (χ4v) is 2.42. The van der Waals surface area contributed by atoms with Gasteiger partial charge in [-0.05, 0) is 37.1 Å². The minimum absolute atomic E-state index is 0. The average Bonchev–Trinajstić information content (AvgIpc) is 2.85. The first-order chi connectivity index (χ1) is 9.75. The Hall–Kier alpha value is -1.03. The molecule has 0 atom stereocenters. The zero-order valence-corrected chi connectivity index (χ0v) is 13.6. The molecule has 1 aliphatic rings. The second-order valence-electron chi connectivity index (χ2n) is 5.00. The van der Waals surface area contributed by atoms with Crippen LogP contribution in [0.5, 0.6) is 0 Å². The Balaban J connectivity index is 0.00000220. The highest BCUT2D eigenvalue weighted by molar-refractivity contribution is 6.30. The van der Waals surface area contributed by atoms with Gasteiger partial charge in [0.15, 0.2) is 0 Å². The number of hydrogen-bond donors (Lipinski definition) is 1. The van der Waals surface area contributed by atoms with E-state index in [9.17, 15) is 4.79 Å². The molecule has 1 saturated heterocycles. The van der Waals surface area contributed by atoms with Crippen LogP contribution in [0.3, 0.4) is 0 Å². The van der Waals surface area contributed by atoms with Gasteiger partial charge in [-0.2, -0.15) is 0 Å². The van der Waals surface area contributed by atoms with Gasteiger partial charge in [-0.25, -0.2) is 0 Å². The van der Waals surface area contributed by atoms with E-state index in [2.05, 4.69) is 17.5 Å². The maximum atomic E-state index is 11.4. The Morgan fingerprint density at radius 2 is 2.05 bits per heavy atom. The van der Waals surface area contributed by atoms with Crippen molar-refractivity contribution in [1.29, 1.82) is 0 Å². The van der Waals surface area contributed by atoms with Crippen LogP contribution in [0.4, 0.5) is 0 Å². The van der Waals surface area contributed by atoms with E-state index in [-0.39, 0.29) is 12.4 Å². The molecule has 1 aromatic carbocycles. The van der Waals surface area contributed by atoms with Crippen LogP contribution in [-0.2, 0) is 4.79 Å². The van der Waals surface area contributed by atoms with Gasteiger partial charge in [-0.15, -0.1) is 12.4 Å². The molecule has 2 rings (SSSR count). The molecular formula is C16H22Cl2N2O. The molecule has 0 spiro atoms. The molecule has 0 aromatic heterocycles. The molecule has 3 nitrogen and oxygen atoms in total. The Kier molecular flexibility index (Phi) is 8.43. The van der Waals surface area contributed by atoms with Gasteiger partial charge in [-0.1, -0.05) is 35.9 Å². The van der Waals surface area contributed by atoms with E-state index in [4.69, 9.17) is 11.6 Å². The lowest BCUT2D eigenvalue weighted by Gasteiger charge is -2.14. The molecule has 1 amide bonds. The van der Waals surface area contributed by atoms with Gasteiger partial charge in [0.05, 0.1) is 0 Å². The zero-order chi connectivity index (χ0) is 14.2. The third-order valence-electron chi connectivity index (χ3n) is 3.40. The van der Waals surface area contributed by atoms with Crippen molar-refractivity contribution >= 4 is 36.0 Å². The Morgan fingerprint density at radius 3 is 2.71 bits per heavy atom. The third-order valence-corrected chi connectivity index (χ3v) is 3.65. The summed E-state index contributed by atoms with van der Waals surface area (Å²) in [6.45, 7) is 3.60. The van der Waals surface area contributed by atoms with Crippen LogP contribution >= 0.6 is 24.0 Å².